The van der Waals surface area contributed by atoms with Crippen molar-refractivity contribution in [1.29, 1.82) is 0 Å². The third kappa shape index (κ3) is 4.36. The van der Waals surface area contributed by atoms with Crippen molar-refractivity contribution in [3.05, 3.63) is 42.5 Å². The molecule has 0 saturated carbocycles. The van der Waals surface area contributed by atoms with Gasteiger partial charge in [0, 0.05) is 0 Å². The van der Waals surface area contributed by atoms with Gasteiger partial charge in [-0.25, -0.2) is 0 Å². The Hall–Kier alpha value is -1.24. The average Bonchev–Trinajstić information content (AvgIpc) is 2.19. The molecule has 0 saturated heterocycles. The van der Waals surface area contributed by atoms with Gasteiger partial charge in [0.05, 0.1) is 6.61 Å². The predicted octanol–water partition coefficient (Wildman–Crippen LogP) is 3.22. The van der Waals surface area contributed by atoms with Crippen molar-refractivity contribution < 1.29 is 4.74 Å². The van der Waals surface area contributed by atoms with Gasteiger partial charge < -0.3 is 4.74 Å². The predicted molar refractivity (Wildman–Crippen MR) is 54.8 cm³/mol. The fourth-order valence-electron chi connectivity index (χ4n) is 1.03. The van der Waals surface area contributed by atoms with Gasteiger partial charge in [0.25, 0.3) is 0 Å². The normalized spacial score (nSPS) is 10.5. The highest BCUT2D eigenvalue weighted by Gasteiger charge is 1.89. The summed E-state index contributed by atoms with van der Waals surface area (Å²) in [5, 5.41) is 0. The summed E-state index contributed by atoms with van der Waals surface area (Å²) >= 11 is 0. The number of rotatable bonds is 5. The van der Waals surface area contributed by atoms with Crippen molar-refractivity contribution in [2.24, 2.45) is 0 Å². The van der Waals surface area contributed by atoms with Crippen LogP contribution in [0.1, 0.15) is 19.8 Å². The van der Waals surface area contributed by atoms with E-state index in [1.807, 2.05) is 31.2 Å². The molecule has 0 amide bonds. The Morgan fingerprint density at radius 3 is 2.85 bits per heavy atom. The molecule has 13 heavy (non-hydrogen) atoms. The first-order chi connectivity index (χ1) is 6.43. The maximum absolute atomic E-state index is 5.50. The first kappa shape index (κ1) is 9.85. The highest BCUT2D eigenvalue weighted by molar-refractivity contribution is 5.20. The summed E-state index contributed by atoms with van der Waals surface area (Å²) in [7, 11) is 0. The summed E-state index contributed by atoms with van der Waals surface area (Å²) in [6.07, 6.45) is 6.39. The smallest absolute Gasteiger partial charge is 0.119 e. The van der Waals surface area contributed by atoms with Crippen LogP contribution in [-0.2, 0) is 0 Å². The Bertz CT molecular complexity index is 239. The summed E-state index contributed by atoms with van der Waals surface area (Å²) in [6.45, 7) is 2.82. The summed E-state index contributed by atoms with van der Waals surface area (Å²) in [5.41, 5.74) is 0. The molecule has 0 aliphatic carbocycles. The van der Waals surface area contributed by atoms with Crippen LogP contribution < -0.4 is 4.74 Å². The second-order valence-electron chi connectivity index (χ2n) is 2.80. The third-order valence-electron chi connectivity index (χ3n) is 1.71. The molecular weight excluding hydrogens is 160 g/mol. The molecule has 0 aliphatic rings. The summed E-state index contributed by atoms with van der Waals surface area (Å²) in [4.78, 5) is 0. The Morgan fingerprint density at radius 1 is 1.38 bits per heavy atom. The molecule has 69 valence electrons. The minimum absolute atomic E-state index is 0.786. The van der Waals surface area contributed by atoms with Gasteiger partial charge in [-0.15, -0.1) is 0 Å². The van der Waals surface area contributed by atoms with Crippen molar-refractivity contribution in [3.63, 3.8) is 0 Å². The van der Waals surface area contributed by atoms with E-state index in [1.54, 1.807) is 0 Å². The maximum Gasteiger partial charge on any atom is 0.119 e. The quantitative estimate of drug-likeness (QED) is 0.493. The van der Waals surface area contributed by atoms with E-state index in [2.05, 4.69) is 18.2 Å². The van der Waals surface area contributed by atoms with Crippen molar-refractivity contribution in [3.8, 4) is 5.75 Å². The van der Waals surface area contributed by atoms with Crippen LogP contribution in [0.15, 0.2) is 36.4 Å². The largest absolute Gasteiger partial charge is 0.494 e. The van der Waals surface area contributed by atoms with Crippen molar-refractivity contribution in [2.75, 3.05) is 6.61 Å². The lowest BCUT2D eigenvalue weighted by Crippen LogP contribution is -1.95. The highest BCUT2D eigenvalue weighted by atomic mass is 16.5. The molecule has 0 aliphatic heterocycles. The number of ether oxygens (including phenoxy) is 1. The van der Waals surface area contributed by atoms with Crippen LogP contribution in [-0.4, -0.2) is 6.61 Å². The van der Waals surface area contributed by atoms with Gasteiger partial charge in [-0.05, 0) is 38.0 Å². The third-order valence-corrected chi connectivity index (χ3v) is 1.71. The monoisotopic (exact) mass is 175 g/mol. The first-order valence-electron chi connectivity index (χ1n) is 4.63. The fourth-order valence-corrected chi connectivity index (χ4v) is 1.03. The Balaban J connectivity index is 2.13. The molecule has 0 spiro atoms. The fraction of sp³-hybridized carbons (Fsp3) is 0.333. The molecule has 0 heterocycles. The van der Waals surface area contributed by atoms with Gasteiger partial charge in [0.1, 0.15) is 5.75 Å². The lowest BCUT2D eigenvalue weighted by molar-refractivity contribution is 0.312. The van der Waals surface area contributed by atoms with Crippen LogP contribution in [0, 0.1) is 6.07 Å². The summed E-state index contributed by atoms with van der Waals surface area (Å²) in [6, 6.07) is 10.5. The van der Waals surface area contributed by atoms with Gasteiger partial charge >= 0.3 is 0 Å². The first-order valence-corrected chi connectivity index (χ1v) is 4.63. The average molecular weight is 175 g/mol. The van der Waals surface area contributed by atoms with Crippen LogP contribution in [0.25, 0.3) is 0 Å². The zero-order valence-electron chi connectivity index (χ0n) is 7.99. The molecule has 0 fully saturated rings. The van der Waals surface area contributed by atoms with E-state index in [0.29, 0.717) is 0 Å². The molecule has 0 atom stereocenters. The number of unbranched alkanes of at least 4 members (excludes halogenated alkanes) is 1. The highest BCUT2D eigenvalue weighted by Crippen LogP contribution is 2.08. The standard InChI is InChI=1S/C12H15O/c1-2-3-4-8-11-13-12-9-6-5-7-10-12/h2-3,6-7,9-10H,4,8,11H2,1H3/b3-2+. The zero-order valence-corrected chi connectivity index (χ0v) is 7.99. The summed E-state index contributed by atoms with van der Waals surface area (Å²) in [5.74, 6) is 0.930. The molecule has 1 heteroatoms. The van der Waals surface area contributed by atoms with E-state index in [-0.39, 0.29) is 0 Å². The molecule has 1 aromatic rings. The molecule has 1 aromatic carbocycles. The van der Waals surface area contributed by atoms with Crippen LogP contribution in [0.3, 0.4) is 0 Å². The van der Waals surface area contributed by atoms with E-state index in [4.69, 9.17) is 4.74 Å². The minimum atomic E-state index is 0.786. The molecule has 1 rings (SSSR count). The molecular formula is C12H15O. The van der Waals surface area contributed by atoms with E-state index in [9.17, 15) is 0 Å². The zero-order chi connectivity index (χ0) is 9.36. The van der Waals surface area contributed by atoms with Gasteiger partial charge in [0.2, 0.25) is 0 Å². The van der Waals surface area contributed by atoms with Gasteiger partial charge in [-0.2, -0.15) is 0 Å². The van der Waals surface area contributed by atoms with Crippen LogP contribution in [0.5, 0.6) is 5.75 Å². The molecule has 0 aromatic heterocycles. The van der Waals surface area contributed by atoms with E-state index in [0.717, 1.165) is 25.2 Å². The SMILES string of the molecule is C/C=C/CCCOc1cc[c]cc1. The van der Waals surface area contributed by atoms with E-state index in [1.165, 1.54) is 0 Å². The maximum atomic E-state index is 5.50. The lowest BCUT2D eigenvalue weighted by atomic mass is 10.3. The Morgan fingerprint density at radius 2 is 2.15 bits per heavy atom. The number of allylic oxidation sites excluding steroid dienone is 2. The second-order valence-corrected chi connectivity index (χ2v) is 2.80. The number of benzene rings is 1. The summed E-state index contributed by atoms with van der Waals surface area (Å²) < 4.78 is 5.50. The minimum Gasteiger partial charge on any atom is -0.494 e. The van der Waals surface area contributed by atoms with Crippen molar-refractivity contribution >= 4 is 0 Å². The van der Waals surface area contributed by atoms with Gasteiger partial charge in [0.15, 0.2) is 0 Å². The van der Waals surface area contributed by atoms with Crippen molar-refractivity contribution in [1.82, 2.24) is 0 Å². The van der Waals surface area contributed by atoms with Crippen LogP contribution >= 0.6 is 0 Å². The second kappa shape index (κ2) is 6.30. The Labute approximate surface area is 80.0 Å². The van der Waals surface area contributed by atoms with Gasteiger partial charge in [-0.3, -0.25) is 0 Å². The molecule has 1 nitrogen and oxygen atoms in total. The van der Waals surface area contributed by atoms with Crippen molar-refractivity contribution in [2.45, 2.75) is 19.8 Å². The van der Waals surface area contributed by atoms with Crippen LogP contribution in [0.2, 0.25) is 0 Å². The Kier molecular flexibility index (Phi) is 4.77. The van der Waals surface area contributed by atoms with Crippen LogP contribution in [0.4, 0.5) is 0 Å². The number of hydrogen-bond donors (Lipinski definition) is 0. The van der Waals surface area contributed by atoms with E-state index < -0.39 is 0 Å². The topological polar surface area (TPSA) is 9.23 Å². The molecule has 1 radical (unpaired) electrons. The van der Waals surface area contributed by atoms with Gasteiger partial charge in [-0.1, -0.05) is 24.3 Å². The molecule has 0 unspecified atom stereocenters. The number of hydrogen-bond acceptors (Lipinski definition) is 1. The molecule has 0 N–H and O–H groups in total. The lowest BCUT2D eigenvalue weighted by Gasteiger charge is -2.03. The molecule has 0 bridgehead atoms. The van der Waals surface area contributed by atoms with E-state index >= 15 is 0 Å².